The molecule has 1 aliphatic rings. The second-order valence-electron chi connectivity index (χ2n) is 4.13. The van der Waals surface area contributed by atoms with Crippen molar-refractivity contribution in [2.45, 2.75) is 19.8 Å². The third-order valence-corrected chi connectivity index (χ3v) is 2.88. The van der Waals surface area contributed by atoms with Gasteiger partial charge in [-0.05, 0) is 43.5 Å². The Morgan fingerprint density at radius 3 is 2.82 bits per heavy atom. The molecule has 0 radical (unpaired) electrons. The molecule has 2 rings (SSSR count). The topological polar surface area (TPSA) is 35.5 Å². The normalized spacial score (nSPS) is 14.8. The van der Waals surface area contributed by atoms with Crippen LogP contribution in [0.2, 0.25) is 0 Å². The summed E-state index contributed by atoms with van der Waals surface area (Å²) in [4.78, 5) is 12.2. The fourth-order valence-electron chi connectivity index (χ4n) is 1.94. The van der Waals surface area contributed by atoms with Crippen LogP contribution in [0.4, 0.5) is 0 Å². The highest BCUT2D eigenvalue weighted by atomic mass is 16.5. The van der Waals surface area contributed by atoms with Gasteiger partial charge in [-0.1, -0.05) is 0 Å². The first kappa shape index (κ1) is 11.7. The maximum atomic E-state index is 12.2. The lowest BCUT2D eigenvalue weighted by molar-refractivity contribution is 0.101. The first-order valence-electron chi connectivity index (χ1n) is 5.72. The molecule has 1 aromatic rings. The number of benzene rings is 1. The summed E-state index contributed by atoms with van der Waals surface area (Å²) in [5.41, 5.74) is 2.41. The highest BCUT2D eigenvalue weighted by Crippen LogP contribution is 2.22. The molecule has 0 amide bonds. The maximum Gasteiger partial charge on any atom is 0.192 e. The number of hydrogen-bond acceptors (Lipinski definition) is 3. The van der Waals surface area contributed by atoms with Crippen molar-refractivity contribution in [2.24, 2.45) is 0 Å². The summed E-state index contributed by atoms with van der Waals surface area (Å²) < 4.78 is 10.4. The average molecular weight is 232 g/mol. The third kappa shape index (κ3) is 2.49. The predicted molar refractivity (Wildman–Crippen MR) is 65.3 cm³/mol. The molecule has 3 nitrogen and oxygen atoms in total. The monoisotopic (exact) mass is 232 g/mol. The SMILES string of the molecule is COc1ccc(C(=O)C2=COCCC2)cc1C. The number of carbonyl (C=O) groups excluding carboxylic acids is 1. The van der Waals surface area contributed by atoms with Crippen LogP contribution < -0.4 is 4.74 Å². The fourth-order valence-corrected chi connectivity index (χ4v) is 1.94. The highest BCUT2D eigenvalue weighted by molar-refractivity contribution is 6.08. The fraction of sp³-hybridized carbons (Fsp3) is 0.357. The van der Waals surface area contributed by atoms with Crippen molar-refractivity contribution in [1.29, 1.82) is 0 Å². The van der Waals surface area contributed by atoms with Crippen LogP contribution in [0.5, 0.6) is 5.75 Å². The van der Waals surface area contributed by atoms with Crippen molar-refractivity contribution in [3.63, 3.8) is 0 Å². The number of methoxy groups -OCH3 is 1. The number of ketones is 1. The van der Waals surface area contributed by atoms with Gasteiger partial charge < -0.3 is 9.47 Å². The molecule has 0 fully saturated rings. The average Bonchev–Trinajstić information content (AvgIpc) is 2.39. The third-order valence-electron chi connectivity index (χ3n) is 2.88. The zero-order valence-electron chi connectivity index (χ0n) is 10.2. The van der Waals surface area contributed by atoms with E-state index in [-0.39, 0.29) is 5.78 Å². The lowest BCUT2D eigenvalue weighted by Gasteiger charge is -2.13. The number of rotatable bonds is 3. The van der Waals surface area contributed by atoms with Crippen LogP contribution >= 0.6 is 0 Å². The summed E-state index contributed by atoms with van der Waals surface area (Å²) in [7, 11) is 1.63. The van der Waals surface area contributed by atoms with Gasteiger partial charge in [0.1, 0.15) is 5.75 Å². The molecule has 1 aromatic carbocycles. The van der Waals surface area contributed by atoms with Gasteiger partial charge in [-0.15, -0.1) is 0 Å². The molecule has 0 N–H and O–H groups in total. The lowest BCUT2D eigenvalue weighted by Crippen LogP contribution is -2.09. The standard InChI is InChI=1S/C14H16O3/c1-10-8-11(5-6-13(10)16-2)14(15)12-4-3-7-17-9-12/h5-6,8-9H,3-4,7H2,1-2H3. The van der Waals surface area contributed by atoms with Crippen LogP contribution in [0.25, 0.3) is 0 Å². The van der Waals surface area contributed by atoms with E-state index < -0.39 is 0 Å². The van der Waals surface area contributed by atoms with Crippen molar-refractivity contribution in [2.75, 3.05) is 13.7 Å². The Morgan fingerprint density at radius 1 is 1.41 bits per heavy atom. The summed E-state index contributed by atoms with van der Waals surface area (Å²) >= 11 is 0. The quantitative estimate of drug-likeness (QED) is 0.752. The number of hydrogen-bond donors (Lipinski definition) is 0. The molecule has 0 spiro atoms. The van der Waals surface area contributed by atoms with Gasteiger partial charge in [0.05, 0.1) is 20.0 Å². The lowest BCUT2D eigenvalue weighted by atomic mass is 9.98. The van der Waals surface area contributed by atoms with Crippen LogP contribution in [-0.2, 0) is 4.74 Å². The van der Waals surface area contributed by atoms with Crippen LogP contribution in [0.1, 0.15) is 28.8 Å². The second kappa shape index (κ2) is 5.04. The van der Waals surface area contributed by atoms with Crippen LogP contribution in [0.15, 0.2) is 30.0 Å². The number of allylic oxidation sites excluding steroid dienone is 1. The van der Waals surface area contributed by atoms with Crippen LogP contribution in [0.3, 0.4) is 0 Å². The van der Waals surface area contributed by atoms with E-state index in [1.165, 1.54) is 0 Å². The highest BCUT2D eigenvalue weighted by Gasteiger charge is 2.16. The van der Waals surface area contributed by atoms with E-state index in [0.717, 1.165) is 29.7 Å². The van der Waals surface area contributed by atoms with Crippen LogP contribution in [0, 0.1) is 6.92 Å². The van der Waals surface area contributed by atoms with Gasteiger partial charge in [-0.25, -0.2) is 0 Å². The van der Waals surface area contributed by atoms with Crippen LogP contribution in [-0.4, -0.2) is 19.5 Å². The first-order valence-corrected chi connectivity index (χ1v) is 5.72. The smallest absolute Gasteiger partial charge is 0.192 e. The molecule has 0 aromatic heterocycles. The Bertz CT molecular complexity index is 461. The van der Waals surface area contributed by atoms with E-state index in [1.54, 1.807) is 19.4 Å². The number of aryl methyl sites for hydroxylation is 1. The summed E-state index contributed by atoms with van der Waals surface area (Å²) in [6, 6.07) is 5.48. The molecule has 1 aliphatic heterocycles. The molecular weight excluding hydrogens is 216 g/mol. The Morgan fingerprint density at radius 2 is 2.24 bits per heavy atom. The van der Waals surface area contributed by atoms with E-state index in [2.05, 4.69) is 0 Å². The molecule has 0 bridgehead atoms. The molecule has 1 heterocycles. The van der Waals surface area contributed by atoms with Crippen molar-refractivity contribution in [1.82, 2.24) is 0 Å². The van der Waals surface area contributed by atoms with Gasteiger partial charge in [-0.3, -0.25) is 4.79 Å². The largest absolute Gasteiger partial charge is 0.501 e. The molecule has 0 unspecified atom stereocenters. The van der Waals surface area contributed by atoms with Gasteiger partial charge in [0.25, 0.3) is 0 Å². The minimum atomic E-state index is 0.0513. The summed E-state index contributed by atoms with van der Waals surface area (Å²) in [5.74, 6) is 0.853. The number of ether oxygens (including phenoxy) is 2. The molecule has 90 valence electrons. The van der Waals surface area contributed by atoms with Gasteiger partial charge >= 0.3 is 0 Å². The van der Waals surface area contributed by atoms with Gasteiger partial charge in [0, 0.05) is 11.1 Å². The molecule has 0 aliphatic carbocycles. The van der Waals surface area contributed by atoms with E-state index in [9.17, 15) is 4.79 Å². The van der Waals surface area contributed by atoms with Crippen molar-refractivity contribution < 1.29 is 14.3 Å². The van der Waals surface area contributed by atoms with E-state index >= 15 is 0 Å². The molecule has 3 heteroatoms. The minimum absolute atomic E-state index is 0.0513. The number of carbonyl (C=O) groups is 1. The van der Waals surface area contributed by atoms with Crippen molar-refractivity contribution in [3.8, 4) is 5.75 Å². The van der Waals surface area contributed by atoms with Crippen molar-refractivity contribution >= 4 is 5.78 Å². The minimum Gasteiger partial charge on any atom is -0.501 e. The molecule has 0 atom stereocenters. The van der Waals surface area contributed by atoms with E-state index in [1.807, 2.05) is 19.1 Å². The zero-order valence-corrected chi connectivity index (χ0v) is 10.2. The molecule has 17 heavy (non-hydrogen) atoms. The van der Waals surface area contributed by atoms with E-state index in [0.29, 0.717) is 12.2 Å². The summed E-state index contributed by atoms with van der Waals surface area (Å²) in [6.45, 7) is 2.64. The zero-order chi connectivity index (χ0) is 12.3. The summed E-state index contributed by atoms with van der Waals surface area (Å²) in [6.07, 6.45) is 3.29. The van der Waals surface area contributed by atoms with Gasteiger partial charge in [-0.2, -0.15) is 0 Å². The second-order valence-corrected chi connectivity index (χ2v) is 4.13. The molecule has 0 saturated carbocycles. The Hall–Kier alpha value is -1.77. The molecular formula is C14H16O3. The van der Waals surface area contributed by atoms with Gasteiger partial charge in [0.2, 0.25) is 0 Å². The Balaban J connectivity index is 2.25. The summed E-state index contributed by atoms with van der Waals surface area (Å²) in [5, 5.41) is 0. The Kier molecular flexibility index (Phi) is 3.47. The Labute approximate surface area is 101 Å². The van der Waals surface area contributed by atoms with Crippen molar-refractivity contribution in [3.05, 3.63) is 41.2 Å². The molecule has 0 saturated heterocycles. The number of Topliss-reactive ketones (excluding diaryl/α,β-unsaturated/α-hetero) is 1. The van der Waals surface area contributed by atoms with E-state index in [4.69, 9.17) is 9.47 Å². The first-order chi connectivity index (χ1) is 8.22. The van der Waals surface area contributed by atoms with Gasteiger partial charge in [0.15, 0.2) is 5.78 Å². The predicted octanol–water partition coefficient (Wildman–Crippen LogP) is 2.88. The maximum absolute atomic E-state index is 12.2.